The number of nitrogens with zero attached hydrogens (tertiary/aromatic N) is 1. The Labute approximate surface area is 110 Å². The van der Waals surface area contributed by atoms with Crippen LogP contribution in [0.1, 0.15) is 11.1 Å². The molecule has 0 saturated carbocycles. The Morgan fingerprint density at radius 3 is 2.72 bits per heavy atom. The third kappa shape index (κ3) is 2.79. The highest BCUT2D eigenvalue weighted by molar-refractivity contribution is 6.30. The van der Waals surface area contributed by atoms with Gasteiger partial charge in [-0.3, -0.25) is 0 Å². The Hall–Kier alpha value is -2.05. The van der Waals surface area contributed by atoms with E-state index in [-0.39, 0.29) is 5.82 Å². The third-order valence-corrected chi connectivity index (χ3v) is 2.76. The number of halogens is 2. The molecule has 0 spiro atoms. The van der Waals surface area contributed by atoms with Gasteiger partial charge in [-0.25, -0.2) is 4.39 Å². The number of hydrogen-bond acceptors (Lipinski definition) is 2. The molecular weight excluding hydrogens is 251 g/mol. The zero-order valence-electron chi connectivity index (χ0n) is 9.45. The van der Waals surface area contributed by atoms with Crippen LogP contribution in [0, 0.1) is 17.1 Å². The van der Waals surface area contributed by atoms with Crippen molar-refractivity contribution >= 4 is 17.3 Å². The highest BCUT2D eigenvalue weighted by Crippen LogP contribution is 2.21. The Bertz CT molecular complexity index is 605. The van der Waals surface area contributed by atoms with Crippen molar-refractivity contribution in [2.45, 2.75) is 6.54 Å². The molecule has 0 fully saturated rings. The van der Waals surface area contributed by atoms with E-state index >= 15 is 0 Å². The summed E-state index contributed by atoms with van der Waals surface area (Å²) in [4.78, 5) is 0. The summed E-state index contributed by atoms with van der Waals surface area (Å²) in [5.41, 5.74) is 1.63. The van der Waals surface area contributed by atoms with Crippen LogP contribution in [0.25, 0.3) is 0 Å². The van der Waals surface area contributed by atoms with Gasteiger partial charge in [0.2, 0.25) is 0 Å². The minimum Gasteiger partial charge on any atom is -0.380 e. The Kier molecular flexibility index (Phi) is 3.81. The van der Waals surface area contributed by atoms with E-state index in [9.17, 15) is 4.39 Å². The summed E-state index contributed by atoms with van der Waals surface area (Å²) < 4.78 is 13.4. The standard InChI is InChI=1S/C14H10ClFN2/c15-12-6-5-10(8-17)14(7-12)18-9-11-3-1-2-4-13(11)16/h1-7,18H,9H2. The summed E-state index contributed by atoms with van der Waals surface area (Å²) in [5, 5.41) is 12.5. The zero-order valence-corrected chi connectivity index (χ0v) is 10.2. The maximum absolute atomic E-state index is 13.4. The first-order chi connectivity index (χ1) is 8.70. The van der Waals surface area contributed by atoms with Crippen LogP contribution in [0.5, 0.6) is 0 Å². The van der Waals surface area contributed by atoms with Gasteiger partial charge in [-0.1, -0.05) is 29.8 Å². The second-order valence-corrected chi connectivity index (χ2v) is 4.18. The van der Waals surface area contributed by atoms with Crippen LogP contribution in [-0.2, 0) is 6.54 Å². The predicted octanol–water partition coefficient (Wildman–Crippen LogP) is 3.96. The maximum Gasteiger partial charge on any atom is 0.128 e. The van der Waals surface area contributed by atoms with E-state index in [2.05, 4.69) is 11.4 Å². The fourth-order valence-electron chi connectivity index (χ4n) is 1.59. The first-order valence-corrected chi connectivity index (χ1v) is 5.75. The number of rotatable bonds is 3. The van der Waals surface area contributed by atoms with Crippen molar-refractivity contribution in [1.29, 1.82) is 5.26 Å². The average Bonchev–Trinajstić information content (AvgIpc) is 2.38. The lowest BCUT2D eigenvalue weighted by Crippen LogP contribution is -2.03. The normalized spacial score (nSPS) is 9.83. The van der Waals surface area contributed by atoms with Crippen molar-refractivity contribution in [3.05, 3.63) is 64.4 Å². The van der Waals surface area contributed by atoms with Crippen molar-refractivity contribution in [2.24, 2.45) is 0 Å². The molecule has 0 atom stereocenters. The van der Waals surface area contributed by atoms with Crippen LogP contribution in [0.15, 0.2) is 42.5 Å². The Morgan fingerprint density at radius 2 is 2.00 bits per heavy atom. The second-order valence-electron chi connectivity index (χ2n) is 3.75. The molecule has 0 amide bonds. The highest BCUT2D eigenvalue weighted by Gasteiger charge is 2.04. The van der Waals surface area contributed by atoms with Gasteiger partial charge in [-0.2, -0.15) is 5.26 Å². The molecule has 1 N–H and O–H groups in total. The van der Waals surface area contributed by atoms with Crippen LogP contribution in [0.2, 0.25) is 5.02 Å². The number of anilines is 1. The molecule has 0 aromatic heterocycles. The monoisotopic (exact) mass is 260 g/mol. The Morgan fingerprint density at radius 1 is 1.22 bits per heavy atom. The van der Waals surface area contributed by atoms with Gasteiger partial charge in [-0.15, -0.1) is 0 Å². The van der Waals surface area contributed by atoms with Gasteiger partial charge in [0.1, 0.15) is 11.9 Å². The van der Waals surface area contributed by atoms with Gasteiger partial charge in [0.25, 0.3) is 0 Å². The molecule has 0 unspecified atom stereocenters. The number of hydrogen-bond donors (Lipinski definition) is 1. The van der Waals surface area contributed by atoms with Crippen LogP contribution in [-0.4, -0.2) is 0 Å². The van der Waals surface area contributed by atoms with Crippen LogP contribution >= 0.6 is 11.6 Å². The SMILES string of the molecule is N#Cc1ccc(Cl)cc1NCc1ccccc1F. The minimum absolute atomic E-state index is 0.273. The van der Waals surface area contributed by atoms with Crippen LogP contribution < -0.4 is 5.32 Å². The van der Waals surface area contributed by atoms with Crippen molar-refractivity contribution < 1.29 is 4.39 Å². The molecule has 2 aromatic carbocycles. The number of nitriles is 1. The minimum atomic E-state index is -0.273. The van der Waals surface area contributed by atoms with Crippen molar-refractivity contribution in [1.82, 2.24) is 0 Å². The first kappa shape index (κ1) is 12.4. The summed E-state index contributed by atoms with van der Waals surface area (Å²) in [5.74, 6) is -0.273. The van der Waals surface area contributed by atoms with Gasteiger partial charge in [0, 0.05) is 17.1 Å². The molecule has 4 heteroatoms. The number of benzene rings is 2. The van der Waals surface area contributed by atoms with E-state index in [4.69, 9.17) is 16.9 Å². The molecule has 0 aliphatic carbocycles. The lowest BCUT2D eigenvalue weighted by molar-refractivity contribution is 0.613. The molecule has 2 rings (SSSR count). The van der Waals surface area contributed by atoms with E-state index < -0.39 is 0 Å². The van der Waals surface area contributed by atoms with Crippen molar-refractivity contribution in [3.8, 4) is 6.07 Å². The smallest absolute Gasteiger partial charge is 0.128 e. The molecule has 90 valence electrons. The van der Waals surface area contributed by atoms with E-state index in [1.54, 1.807) is 36.4 Å². The van der Waals surface area contributed by atoms with Gasteiger partial charge in [0.05, 0.1) is 11.3 Å². The molecule has 2 aromatic rings. The van der Waals surface area contributed by atoms with E-state index in [0.717, 1.165) is 0 Å². The maximum atomic E-state index is 13.4. The van der Waals surface area contributed by atoms with Gasteiger partial charge in [-0.05, 0) is 24.3 Å². The zero-order chi connectivity index (χ0) is 13.0. The van der Waals surface area contributed by atoms with Crippen LogP contribution in [0.4, 0.5) is 10.1 Å². The van der Waals surface area contributed by atoms with E-state index in [0.29, 0.717) is 28.4 Å². The lowest BCUT2D eigenvalue weighted by atomic mass is 10.1. The number of nitrogens with one attached hydrogen (secondary N) is 1. The summed E-state index contributed by atoms with van der Waals surface area (Å²) in [6, 6.07) is 13.5. The molecule has 18 heavy (non-hydrogen) atoms. The molecule has 2 nitrogen and oxygen atoms in total. The summed E-state index contributed by atoms with van der Waals surface area (Å²) in [6.07, 6.45) is 0. The van der Waals surface area contributed by atoms with Gasteiger partial charge in [0.15, 0.2) is 0 Å². The average molecular weight is 261 g/mol. The van der Waals surface area contributed by atoms with Gasteiger partial charge < -0.3 is 5.32 Å². The largest absolute Gasteiger partial charge is 0.380 e. The van der Waals surface area contributed by atoms with E-state index in [1.807, 2.05) is 0 Å². The molecule has 0 aliphatic rings. The first-order valence-electron chi connectivity index (χ1n) is 5.37. The molecule has 0 bridgehead atoms. The fraction of sp³-hybridized carbons (Fsp3) is 0.0714. The Balaban J connectivity index is 2.18. The van der Waals surface area contributed by atoms with Crippen molar-refractivity contribution in [3.63, 3.8) is 0 Å². The molecule has 0 aliphatic heterocycles. The molecular formula is C14H10ClFN2. The van der Waals surface area contributed by atoms with Gasteiger partial charge >= 0.3 is 0 Å². The third-order valence-electron chi connectivity index (χ3n) is 2.53. The quantitative estimate of drug-likeness (QED) is 0.907. The molecule has 0 saturated heterocycles. The second kappa shape index (κ2) is 5.52. The summed E-state index contributed by atoms with van der Waals surface area (Å²) >= 11 is 5.86. The predicted molar refractivity (Wildman–Crippen MR) is 69.9 cm³/mol. The fourth-order valence-corrected chi connectivity index (χ4v) is 1.76. The highest BCUT2D eigenvalue weighted by atomic mass is 35.5. The molecule has 0 heterocycles. The summed E-state index contributed by atoms with van der Waals surface area (Å²) in [7, 11) is 0. The molecule has 0 radical (unpaired) electrons. The lowest BCUT2D eigenvalue weighted by Gasteiger charge is -2.09. The topological polar surface area (TPSA) is 35.8 Å². The van der Waals surface area contributed by atoms with Crippen molar-refractivity contribution in [2.75, 3.05) is 5.32 Å². The summed E-state index contributed by atoms with van der Waals surface area (Å²) in [6.45, 7) is 0.307. The van der Waals surface area contributed by atoms with E-state index in [1.165, 1.54) is 6.07 Å². The van der Waals surface area contributed by atoms with Crippen LogP contribution in [0.3, 0.4) is 0 Å².